The number of likely N-dealkylation sites (N-methyl/N-ethyl adjacent to an activating group) is 1. The Hall–Kier alpha value is -4.05. The highest BCUT2D eigenvalue weighted by molar-refractivity contribution is 5.70. The zero-order valence-corrected chi connectivity index (χ0v) is 69.8. The van der Waals surface area contributed by atoms with E-state index >= 15 is 0 Å². The molecule has 2 unspecified atom stereocenters. The molecule has 0 aromatic carbocycles. The number of esters is 2. The summed E-state index contributed by atoms with van der Waals surface area (Å²) in [6.45, 7) is 4.68. The van der Waals surface area contributed by atoms with Gasteiger partial charge in [-0.05, 0) is 103 Å². The lowest BCUT2D eigenvalue weighted by molar-refractivity contribution is -0.870. The number of carbonyl (C=O) groups is 3. The lowest BCUT2D eigenvalue weighted by Gasteiger charge is -2.26. The average Bonchev–Trinajstić information content (AvgIpc) is 1.18. The number of quaternary nitrogens is 1. The van der Waals surface area contributed by atoms with Gasteiger partial charge in [-0.15, -0.1) is 0 Å². The molecule has 0 aromatic rings. The molecule has 0 aliphatic heterocycles. The number of ether oxygens (including phenoxy) is 4. The van der Waals surface area contributed by atoms with Crippen LogP contribution in [0, 0.1) is 0 Å². The van der Waals surface area contributed by atoms with Gasteiger partial charge in [0, 0.05) is 12.8 Å². The number of carbonyl (C=O) groups excluding carboxylic acids is 3. The minimum absolute atomic E-state index is 0.148. The van der Waals surface area contributed by atoms with Gasteiger partial charge < -0.3 is 33.3 Å². The fourth-order valence-electron chi connectivity index (χ4n) is 13.2. The van der Waals surface area contributed by atoms with Crippen molar-refractivity contribution in [1.29, 1.82) is 0 Å². The monoisotopic (exact) mass is 1470 g/mol. The van der Waals surface area contributed by atoms with Crippen molar-refractivity contribution in [3.05, 3.63) is 109 Å². The van der Waals surface area contributed by atoms with Crippen LogP contribution < -0.4 is 5.11 Å². The molecule has 0 fully saturated rings. The fourth-order valence-corrected chi connectivity index (χ4v) is 13.2. The summed E-state index contributed by atoms with van der Waals surface area (Å²) < 4.78 is 22.9. The lowest BCUT2D eigenvalue weighted by atomic mass is 10.0. The summed E-state index contributed by atoms with van der Waals surface area (Å²) in [5.41, 5.74) is 0. The first-order valence-electron chi connectivity index (χ1n) is 45.0. The summed E-state index contributed by atoms with van der Waals surface area (Å²) in [6.07, 6.45) is 118. The zero-order chi connectivity index (χ0) is 76.0. The van der Waals surface area contributed by atoms with Gasteiger partial charge in [-0.25, -0.2) is 0 Å². The number of hydrogen-bond acceptors (Lipinski definition) is 8. The number of unbranched alkanes of at least 4 members (excludes halogenated alkanes) is 51. The van der Waals surface area contributed by atoms with Crippen LogP contribution >= 0.6 is 0 Å². The summed E-state index contributed by atoms with van der Waals surface area (Å²) in [7, 11) is 5.95. The van der Waals surface area contributed by atoms with Crippen LogP contribution in [0.3, 0.4) is 0 Å². The summed E-state index contributed by atoms with van der Waals surface area (Å²) in [5.74, 6) is -2.26. The van der Waals surface area contributed by atoms with E-state index in [1.165, 1.54) is 308 Å². The normalized spacial score (nSPS) is 13.1. The Morgan fingerprint density at radius 3 is 0.810 bits per heavy atom. The van der Waals surface area contributed by atoms with E-state index < -0.39 is 24.3 Å². The molecule has 105 heavy (non-hydrogen) atoms. The molecule has 2 atom stereocenters. The Balaban J connectivity index is 3.93. The second-order valence-electron chi connectivity index (χ2n) is 31.5. The van der Waals surface area contributed by atoms with Gasteiger partial charge in [0.05, 0.1) is 40.3 Å². The molecule has 9 nitrogen and oxygen atoms in total. The molecule has 0 spiro atoms. The van der Waals surface area contributed by atoms with Gasteiger partial charge in [-0.2, -0.15) is 0 Å². The number of aliphatic carboxylic acids is 1. The van der Waals surface area contributed by atoms with E-state index in [1.54, 1.807) is 0 Å². The highest BCUT2D eigenvalue weighted by Crippen LogP contribution is 2.20. The summed E-state index contributed by atoms with van der Waals surface area (Å²) in [4.78, 5) is 37.7. The van der Waals surface area contributed by atoms with Gasteiger partial charge in [0.2, 0.25) is 0 Å². The molecule has 0 aliphatic rings. The lowest BCUT2D eigenvalue weighted by Crippen LogP contribution is -2.44. The van der Waals surface area contributed by atoms with E-state index in [4.69, 9.17) is 18.9 Å². The van der Waals surface area contributed by atoms with Gasteiger partial charge in [0.25, 0.3) is 0 Å². The fraction of sp³-hybridized carbons (Fsp3) is 0.781. The topological polar surface area (TPSA) is 111 Å². The molecule has 0 aliphatic carbocycles. The van der Waals surface area contributed by atoms with E-state index in [0.717, 1.165) is 83.5 Å². The molecular formula is C96H171NO8. The molecule has 0 heterocycles. The van der Waals surface area contributed by atoms with Gasteiger partial charge in [0.15, 0.2) is 12.4 Å². The second-order valence-corrected chi connectivity index (χ2v) is 31.5. The highest BCUT2D eigenvalue weighted by atomic mass is 16.7. The van der Waals surface area contributed by atoms with Crippen LogP contribution in [0.5, 0.6) is 0 Å². The Bertz CT molecular complexity index is 2110. The molecule has 0 aromatic heterocycles. The van der Waals surface area contributed by atoms with Crippen molar-refractivity contribution in [3.8, 4) is 0 Å². The summed E-state index contributed by atoms with van der Waals surface area (Å²) in [5, 5.41) is 11.9. The first-order valence-corrected chi connectivity index (χ1v) is 45.0. The van der Waals surface area contributed by atoms with Gasteiger partial charge in [0.1, 0.15) is 13.2 Å². The van der Waals surface area contributed by atoms with Crippen LogP contribution in [0.1, 0.15) is 425 Å². The Morgan fingerprint density at radius 1 is 0.295 bits per heavy atom. The van der Waals surface area contributed by atoms with Gasteiger partial charge in [-0.1, -0.05) is 419 Å². The third kappa shape index (κ3) is 87.1. The predicted octanol–water partition coefficient (Wildman–Crippen LogP) is 28.3. The van der Waals surface area contributed by atoms with Crippen LogP contribution in [0.2, 0.25) is 0 Å². The van der Waals surface area contributed by atoms with Crippen molar-refractivity contribution in [1.82, 2.24) is 0 Å². The van der Waals surface area contributed by atoms with E-state index in [2.05, 4.69) is 123 Å². The van der Waals surface area contributed by atoms with E-state index in [1.807, 2.05) is 21.1 Å². The van der Waals surface area contributed by atoms with E-state index in [0.29, 0.717) is 23.9 Å². The molecular weight excluding hydrogens is 1300 g/mol. The van der Waals surface area contributed by atoms with Crippen molar-refractivity contribution in [2.75, 3.05) is 47.5 Å². The first-order chi connectivity index (χ1) is 51.6. The first kappa shape index (κ1) is 101. The smallest absolute Gasteiger partial charge is 0.306 e. The van der Waals surface area contributed by atoms with Crippen molar-refractivity contribution in [2.24, 2.45) is 0 Å². The van der Waals surface area contributed by atoms with Crippen LogP contribution in [-0.4, -0.2) is 82.3 Å². The van der Waals surface area contributed by atoms with Gasteiger partial charge in [-0.3, -0.25) is 9.59 Å². The average molecular weight is 1470 g/mol. The second kappa shape index (κ2) is 85.6. The molecule has 0 radical (unpaired) electrons. The number of allylic oxidation sites excluding steroid dienone is 18. The number of carboxylic acid groups (broad SMARTS) is 1. The Labute approximate surface area is 651 Å². The number of rotatable bonds is 84. The predicted molar refractivity (Wildman–Crippen MR) is 454 cm³/mol. The van der Waals surface area contributed by atoms with E-state index in [-0.39, 0.29) is 32.2 Å². The van der Waals surface area contributed by atoms with Gasteiger partial charge >= 0.3 is 11.9 Å². The highest BCUT2D eigenvalue weighted by Gasteiger charge is 2.22. The zero-order valence-electron chi connectivity index (χ0n) is 69.8. The maximum atomic E-state index is 13.0. The molecule has 0 amide bonds. The minimum atomic E-state index is -1.62. The Kier molecular flexibility index (Phi) is 82.3. The Morgan fingerprint density at radius 2 is 0.543 bits per heavy atom. The third-order valence-electron chi connectivity index (χ3n) is 20.0. The molecule has 0 rings (SSSR count). The van der Waals surface area contributed by atoms with E-state index in [9.17, 15) is 19.5 Å². The molecule has 0 saturated heterocycles. The van der Waals surface area contributed by atoms with Crippen molar-refractivity contribution in [2.45, 2.75) is 437 Å². The van der Waals surface area contributed by atoms with Crippen LogP contribution in [0.15, 0.2) is 109 Å². The standard InChI is InChI=1S/C96H171NO8/c1-6-8-10-12-14-16-18-20-22-24-26-28-30-32-34-36-38-40-42-44-46-47-49-51-53-55-57-59-61-63-65-67-69-71-73-75-77-79-81-83-85-87-94(99)105-92(91-104-96(95(100)101)102-89-88-97(3,4)5)90-103-93(98)86-84-82-80-78-76-74-72-70-68-66-64-62-60-58-56-54-52-50-48-45-43-41-39-37-35-33-31-29-27-25-23-21-19-17-15-13-11-9-7-2/h8,10,14,16,19-22,25-28,32,34,38,40,44,46,92,96H,6-7,9,11-13,15,17-18,23-24,29-31,33,35-37,39,41-43,45,47-91H2,1-5H3/b10-8-,16-14-,21-19-,22-20-,27-25-,28-26-,34-32-,40-38-,46-44-. The molecule has 9 heteroatoms. The molecule has 0 saturated carbocycles. The summed E-state index contributed by atoms with van der Waals surface area (Å²) in [6, 6.07) is 0. The van der Waals surface area contributed by atoms with Crippen molar-refractivity contribution < 1.29 is 42.9 Å². The van der Waals surface area contributed by atoms with Crippen LogP contribution in [0.25, 0.3) is 0 Å². The SMILES string of the molecule is CC/C=C\C/C=C\C/C=C\C/C=C\C/C=C\C/C=C\C/C=C\CCCCCCCCCCCCCCCCCCCCCC(=O)OC(COC(=O)CCCCCCCCCCCCCCCCCCCCCCCCCCCCC/C=C\C/C=C\CCCCCCC)COC(OCC[N+](C)(C)C)C(=O)[O-]. The van der Waals surface area contributed by atoms with Crippen molar-refractivity contribution in [3.63, 3.8) is 0 Å². The van der Waals surface area contributed by atoms with Crippen LogP contribution in [0.4, 0.5) is 0 Å². The molecule has 0 N–H and O–H groups in total. The quantitative estimate of drug-likeness (QED) is 0.0195. The largest absolute Gasteiger partial charge is 0.545 e. The number of nitrogens with zero attached hydrogens (tertiary/aromatic N) is 1. The number of carboxylic acids is 1. The molecule has 0 bridgehead atoms. The van der Waals surface area contributed by atoms with Crippen molar-refractivity contribution >= 4 is 17.9 Å². The van der Waals surface area contributed by atoms with Crippen LogP contribution in [-0.2, 0) is 33.3 Å². The number of hydrogen-bond donors (Lipinski definition) is 0. The maximum Gasteiger partial charge on any atom is 0.306 e. The molecule has 608 valence electrons. The summed E-state index contributed by atoms with van der Waals surface area (Å²) >= 11 is 0. The minimum Gasteiger partial charge on any atom is -0.545 e. The maximum absolute atomic E-state index is 13.0. The third-order valence-corrected chi connectivity index (χ3v) is 20.0.